The van der Waals surface area contributed by atoms with Gasteiger partial charge in [0.2, 0.25) is 5.13 Å². The predicted molar refractivity (Wildman–Crippen MR) is 58.0 cm³/mol. The number of nitrogens with one attached hydrogen (secondary N) is 1. The Kier molecular flexibility index (Phi) is 2.78. The lowest BCUT2D eigenvalue weighted by atomic mass is 10.3. The van der Waals surface area contributed by atoms with Gasteiger partial charge in [0, 0.05) is 12.1 Å². The second kappa shape index (κ2) is 4.23. The van der Waals surface area contributed by atoms with Gasteiger partial charge >= 0.3 is 5.91 Å². The monoisotopic (exact) mass is 236 g/mol. The number of carbonyl (C=O) groups is 1. The summed E-state index contributed by atoms with van der Waals surface area (Å²) in [5, 5.41) is 22.4. The highest BCUT2D eigenvalue weighted by Gasteiger charge is 2.16. The fraction of sp³-hybridized carbons (Fsp3) is 0.111. The molecule has 0 aliphatic carbocycles. The second-order valence-corrected chi connectivity index (χ2v) is 4.17. The smallest absolute Gasteiger partial charge is 0.323 e. The van der Waals surface area contributed by atoms with Gasteiger partial charge < -0.3 is 5.21 Å². The van der Waals surface area contributed by atoms with Crippen molar-refractivity contribution in [2.45, 2.75) is 6.92 Å². The molecule has 82 valence electrons. The topological polar surface area (TPSA) is 81.8 Å². The summed E-state index contributed by atoms with van der Waals surface area (Å²) in [4.78, 5) is 11.7. The Labute approximate surface area is 95.2 Å². The normalized spacial score (nSPS) is 10.1. The lowest BCUT2D eigenvalue weighted by Crippen LogP contribution is -2.36. The maximum Gasteiger partial charge on any atom is 0.323 e. The average molecular weight is 236 g/mol. The summed E-state index contributed by atoms with van der Waals surface area (Å²) in [5.74, 6) is -0.494. The number of amides is 1. The Morgan fingerprint density at radius 3 is 2.94 bits per heavy atom. The summed E-state index contributed by atoms with van der Waals surface area (Å²) in [5.41, 5.74) is 0.0235. The molecule has 2 heterocycles. The maximum absolute atomic E-state index is 11.7. The van der Waals surface area contributed by atoms with Crippen molar-refractivity contribution in [3.63, 3.8) is 0 Å². The zero-order valence-electron chi connectivity index (χ0n) is 8.38. The van der Waals surface area contributed by atoms with Crippen LogP contribution < -0.4 is 10.0 Å². The first-order chi connectivity index (χ1) is 7.66. The van der Waals surface area contributed by atoms with Crippen molar-refractivity contribution < 1.29 is 9.52 Å². The molecule has 0 spiro atoms. The highest BCUT2D eigenvalue weighted by atomic mass is 32.1. The number of aryl methyl sites for hydroxylation is 1. The molecule has 2 aromatic heterocycles. The van der Waals surface area contributed by atoms with Crippen LogP contribution >= 0.6 is 11.3 Å². The Balaban J connectivity index is 2.18. The van der Waals surface area contributed by atoms with Crippen LogP contribution in [0.3, 0.4) is 0 Å². The zero-order chi connectivity index (χ0) is 11.5. The van der Waals surface area contributed by atoms with E-state index < -0.39 is 5.91 Å². The number of rotatable bonds is 2. The molecular weight excluding hydrogens is 228 g/mol. The van der Waals surface area contributed by atoms with Crippen molar-refractivity contribution in [2.75, 3.05) is 5.32 Å². The van der Waals surface area contributed by atoms with Crippen molar-refractivity contribution in [3.8, 4) is 0 Å². The summed E-state index contributed by atoms with van der Waals surface area (Å²) in [7, 11) is 0. The number of pyridine rings is 1. The van der Waals surface area contributed by atoms with Gasteiger partial charge in [0.25, 0.3) is 5.69 Å². The van der Waals surface area contributed by atoms with Crippen LogP contribution in [0.1, 0.15) is 15.5 Å². The van der Waals surface area contributed by atoms with Crippen LogP contribution in [0.5, 0.6) is 0 Å². The Morgan fingerprint density at radius 1 is 1.50 bits per heavy atom. The van der Waals surface area contributed by atoms with Gasteiger partial charge in [-0.3, -0.25) is 10.1 Å². The minimum Gasteiger partial charge on any atom is -0.618 e. The molecule has 0 aromatic carbocycles. The minimum atomic E-state index is -0.494. The molecule has 0 aliphatic rings. The Hall–Kier alpha value is -2.02. The van der Waals surface area contributed by atoms with Crippen LogP contribution in [0.2, 0.25) is 0 Å². The molecule has 2 aromatic rings. The summed E-state index contributed by atoms with van der Waals surface area (Å²) in [6, 6.07) is 4.61. The van der Waals surface area contributed by atoms with E-state index in [4.69, 9.17) is 0 Å². The largest absolute Gasteiger partial charge is 0.618 e. The molecule has 7 heteroatoms. The summed E-state index contributed by atoms with van der Waals surface area (Å²) in [6.07, 6.45) is 1.26. The van der Waals surface area contributed by atoms with Crippen LogP contribution in [0, 0.1) is 12.1 Å². The van der Waals surface area contributed by atoms with Crippen LogP contribution in [-0.4, -0.2) is 16.1 Å². The van der Waals surface area contributed by atoms with Crippen molar-refractivity contribution >= 4 is 22.4 Å². The quantitative estimate of drug-likeness (QED) is 0.615. The van der Waals surface area contributed by atoms with E-state index in [2.05, 4.69) is 15.5 Å². The van der Waals surface area contributed by atoms with Crippen LogP contribution in [0.4, 0.5) is 5.13 Å². The van der Waals surface area contributed by atoms with E-state index in [0.29, 0.717) is 9.86 Å². The van der Waals surface area contributed by atoms with E-state index >= 15 is 0 Å². The highest BCUT2D eigenvalue weighted by molar-refractivity contribution is 7.15. The number of hydrogen-bond donors (Lipinski definition) is 1. The van der Waals surface area contributed by atoms with Crippen molar-refractivity contribution in [3.05, 3.63) is 40.3 Å². The predicted octanol–water partition coefficient (Wildman–Crippen LogP) is 0.732. The molecule has 0 atom stereocenters. The van der Waals surface area contributed by atoms with E-state index in [-0.39, 0.29) is 5.69 Å². The van der Waals surface area contributed by atoms with E-state index in [1.165, 1.54) is 23.6 Å². The first-order valence-corrected chi connectivity index (χ1v) is 5.28. The van der Waals surface area contributed by atoms with Gasteiger partial charge in [-0.15, -0.1) is 10.2 Å². The molecule has 16 heavy (non-hydrogen) atoms. The van der Waals surface area contributed by atoms with Gasteiger partial charge in [-0.05, 0) is 13.0 Å². The third kappa shape index (κ3) is 2.14. The standard InChI is InChI=1S/C9H8N4O2S/c1-6-11-12-9(16-6)10-8(14)7-4-2-3-5-13(7)15/h2-5H,1H3,(H,10,12,14). The van der Waals surface area contributed by atoms with E-state index in [9.17, 15) is 10.0 Å². The first kappa shape index (κ1) is 10.5. The van der Waals surface area contributed by atoms with E-state index in [1.54, 1.807) is 19.1 Å². The van der Waals surface area contributed by atoms with Gasteiger partial charge in [0.1, 0.15) is 5.01 Å². The summed E-state index contributed by atoms with van der Waals surface area (Å²) >= 11 is 1.25. The van der Waals surface area contributed by atoms with Gasteiger partial charge in [-0.25, -0.2) is 0 Å². The molecule has 0 radical (unpaired) electrons. The van der Waals surface area contributed by atoms with Crippen molar-refractivity contribution in [1.82, 2.24) is 10.2 Å². The summed E-state index contributed by atoms with van der Waals surface area (Å²) in [6.45, 7) is 1.78. The molecule has 0 unspecified atom stereocenters. The van der Waals surface area contributed by atoms with Gasteiger partial charge in [-0.1, -0.05) is 11.3 Å². The van der Waals surface area contributed by atoms with Crippen LogP contribution in [0.25, 0.3) is 0 Å². The van der Waals surface area contributed by atoms with Crippen molar-refractivity contribution in [2.24, 2.45) is 0 Å². The van der Waals surface area contributed by atoms with Gasteiger partial charge in [0.05, 0.1) is 0 Å². The highest BCUT2D eigenvalue weighted by Crippen LogP contribution is 2.14. The van der Waals surface area contributed by atoms with Gasteiger partial charge in [-0.2, -0.15) is 4.73 Å². The van der Waals surface area contributed by atoms with E-state index in [0.717, 1.165) is 5.01 Å². The number of nitrogens with zero attached hydrogens (tertiary/aromatic N) is 3. The van der Waals surface area contributed by atoms with Gasteiger partial charge in [0.15, 0.2) is 6.20 Å². The maximum atomic E-state index is 11.7. The first-order valence-electron chi connectivity index (χ1n) is 4.46. The minimum absolute atomic E-state index is 0.0235. The van der Waals surface area contributed by atoms with Crippen LogP contribution in [-0.2, 0) is 0 Å². The second-order valence-electron chi connectivity index (χ2n) is 2.99. The molecular formula is C9H8N4O2S. The lowest BCUT2D eigenvalue weighted by molar-refractivity contribution is -0.607. The number of aromatic nitrogens is 3. The fourth-order valence-corrected chi connectivity index (χ4v) is 1.70. The molecule has 1 amide bonds. The number of anilines is 1. The number of hydrogen-bond acceptors (Lipinski definition) is 5. The SMILES string of the molecule is Cc1nnc(NC(=O)c2cccc[n+]2[O-])s1. The molecule has 1 N–H and O–H groups in total. The zero-order valence-corrected chi connectivity index (χ0v) is 9.19. The molecule has 2 rings (SSSR count). The number of carbonyl (C=O) groups excluding carboxylic acids is 1. The summed E-state index contributed by atoms with van der Waals surface area (Å²) < 4.78 is 0.503. The van der Waals surface area contributed by atoms with Crippen molar-refractivity contribution in [1.29, 1.82) is 0 Å². The van der Waals surface area contributed by atoms with E-state index in [1.807, 2.05) is 0 Å². The third-order valence-corrected chi connectivity index (χ3v) is 2.56. The molecule has 0 saturated heterocycles. The third-order valence-electron chi connectivity index (χ3n) is 1.80. The Bertz CT molecular complexity index is 526. The molecule has 6 nitrogen and oxygen atoms in total. The molecule has 0 saturated carbocycles. The fourth-order valence-electron chi connectivity index (χ4n) is 1.11. The lowest BCUT2D eigenvalue weighted by Gasteiger charge is -2.02. The molecule has 0 fully saturated rings. The molecule has 0 bridgehead atoms. The average Bonchev–Trinajstić information content (AvgIpc) is 2.64. The molecule has 0 aliphatic heterocycles. The Morgan fingerprint density at radius 2 is 2.31 bits per heavy atom. The van der Waals surface area contributed by atoms with Crippen LogP contribution in [0.15, 0.2) is 24.4 Å².